The first kappa shape index (κ1) is 10.8. The summed E-state index contributed by atoms with van der Waals surface area (Å²) in [4.78, 5) is 5.87. The Balaban J connectivity index is 1.85. The monoisotopic (exact) mass is 258 g/mol. The molecule has 2 nitrogen and oxygen atoms in total. The van der Waals surface area contributed by atoms with Crippen molar-refractivity contribution in [3.05, 3.63) is 23.7 Å². The Morgan fingerprint density at radius 2 is 2.06 bits per heavy atom. The number of halogens is 3. The molecule has 1 fully saturated rings. The molecule has 1 aliphatic rings. The Labute approximate surface area is 99.7 Å². The Bertz CT molecular complexity index is 543. The molecule has 1 aliphatic heterocycles. The fourth-order valence-electron chi connectivity index (χ4n) is 1.99. The van der Waals surface area contributed by atoms with Crippen LogP contribution in [0.5, 0.6) is 0 Å². The second kappa shape index (κ2) is 3.60. The molecule has 3 heterocycles. The van der Waals surface area contributed by atoms with Crippen LogP contribution in [0.1, 0.15) is 0 Å². The molecule has 0 radical (unpaired) electrons. The summed E-state index contributed by atoms with van der Waals surface area (Å²) < 4.78 is 38.3. The minimum absolute atomic E-state index is 0.0193. The molecule has 0 aliphatic carbocycles. The van der Waals surface area contributed by atoms with E-state index >= 15 is 0 Å². The first-order valence-electron chi connectivity index (χ1n) is 5.19. The first-order valence-corrected chi connectivity index (χ1v) is 6.07. The van der Waals surface area contributed by atoms with Gasteiger partial charge in [0.15, 0.2) is 0 Å². The van der Waals surface area contributed by atoms with Crippen LogP contribution in [-0.4, -0.2) is 24.2 Å². The van der Waals surface area contributed by atoms with E-state index in [-0.39, 0.29) is 13.1 Å². The number of fused-ring (bicyclic) bond motifs is 1. The van der Waals surface area contributed by atoms with Crippen molar-refractivity contribution in [1.29, 1.82) is 0 Å². The number of nitrogens with zero attached hydrogens (tertiary/aromatic N) is 2. The molecule has 2 aromatic rings. The third kappa shape index (κ3) is 1.76. The third-order valence-electron chi connectivity index (χ3n) is 3.00. The van der Waals surface area contributed by atoms with Gasteiger partial charge in [-0.05, 0) is 17.5 Å². The molecule has 6 heteroatoms. The van der Waals surface area contributed by atoms with Gasteiger partial charge in [0.2, 0.25) is 0 Å². The number of aromatic nitrogens is 1. The van der Waals surface area contributed by atoms with Crippen LogP contribution in [-0.2, 0) is 0 Å². The lowest BCUT2D eigenvalue weighted by Gasteiger charge is -2.41. The number of hydrogen-bond acceptors (Lipinski definition) is 3. The topological polar surface area (TPSA) is 16.1 Å². The predicted octanol–water partition coefficient (Wildman–Crippen LogP) is 3.29. The normalized spacial score (nSPS) is 17.5. The van der Waals surface area contributed by atoms with Crippen LogP contribution in [0.4, 0.5) is 19.0 Å². The summed E-state index contributed by atoms with van der Waals surface area (Å²) >= 11 is 1.57. The number of alkyl halides is 3. The second-order valence-corrected chi connectivity index (χ2v) is 5.06. The highest BCUT2D eigenvalue weighted by Crippen LogP contribution is 2.38. The zero-order valence-corrected chi connectivity index (χ0v) is 9.55. The van der Waals surface area contributed by atoms with Crippen molar-refractivity contribution >= 4 is 27.2 Å². The molecule has 17 heavy (non-hydrogen) atoms. The number of pyridine rings is 1. The molecule has 3 rings (SSSR count). The fraction of sp³-hybridized carbons (Fsp3) is 0.364. The average Bonchev–Trinajstić information content (AvgIpc) is 2.61. The van der Waals surface area contributed by atoms with Crippen LogP contribution in [0.3, 0.4) is 0 Å². The summed E-state index contributed by atoms with van der Waals surface area (Å²) in [6, 6.07) is 3.79. The zero-order valence-electron chi connectivity index (χ0n) is 8.74. The van der Waals surface area contributed by atoms with Crippen LogP contribution in [0.25, 0.3) is 10.1 Å². The molecule has 0 N–H and O–H groups in total. The van der Waals surface area contributed by atoms with E-state index in [1.807, 2.05) is 17.5 Å². The molecular weight excluding hydrogens is 249 g/mol. The standard InChI is InChI=1S/C11H9F3N2S/c12-11(13,14)7-5-16(6-7)10-8-2-4-17-9(8)1-3-15-10/h1-4,7H,5-6H2. The zero-order chi connectivity index (χ0) is 12.0. The van der Waals surface area contributed by atoms with Crippen molar-refractivity contribution < 1.29 is 13.2 Å². The Morgan fingerprint density at radius 3 is 2.76 bits per heavy atom. The minimum Gasteiger partial charge on any atom is -0.355 e. The van der Waals surface area contributed by atoms with E-state index < -0.39 is 12.1 Å². The maximum Gasteiger partial charge on any atom is 0.395 e. The lowest BCUT2D eigenvalue weighted by Crippen LogP contribution is -2.53. The molecule has 2 aromatic heterocycles. The van der Waals surface area contributed by atoms with Crippen molar-refractivity contribution in [2.75, 3.05) is 18.0 Å². The predicted molar refractivity (Wildman–Crippen MR) is 61.4 cm³/mol. The average molecular weight is 258 g/mol. The van der Waals surface area contributed by atoms with Gasteiger partial charge in [0.25, 0.3) is 0 Å². The molecule has 0 aromatic carbocycles. The fourth-order valence-corrected chi connectivity index (χ4v) is 2.77. The van der Waals surface area contributed by atoms with Crippen molar-refractivity contribution in [2.24, 2.45) is 5.92 Å². The summed E-state index contributed by atoms with van der Waals surface area (Å²) in [5, 5.41) is 2.87. The Hall–Kier alpha value is -1.30. The van der Waals surface area contributed by atoms with Gasteiger partial charge in [-0.25, -0.2) is 4.98 Å². The maximum absolute atomic E-state index is 12.4. The van der Waals surface area contributed by atoms with E-state index in [2.05, 4.69) is 4.98 Å². The van der Waals surface area contributed by atoms with Crippen LogP contribution in [0.15, 0.2) is 23.7 Å². The summed E-state index contributed by atoms with van der Waals surface area (Å²) in [7, 11) is 0. The van der Waals surface area contributed by atoms with E-state index in [0.717, 1.165) is 10.1 Å². The van der Waals surface area contributed by atoms with E-state index in [4.69, 9.17) is 0 Å². The smallest absolute Gasteiger partial charge is 0.355 e. The summed E-state index contributed by atoms with van der Waals surface area (Å²) in [5.74, 6) is -0.539. The van der Waals surface area contributed by atoms with Crippen LogP contribution >= 0.6 is 11.3 Å². The Morgan fingerprint density at radius 1 is 1.29 bits per heavy atom. The van der Waals surface area contributed by atoms with Gasteiger partial charge in [0.1, 0.15) is 5.82 Å². The molecule has 0 saturated carbocycles. The third-order valence-corrected chi connectivity index (χ3v) is 3.88. The molecule has 0 atom stereocenters. The lowest BCUT2D eigenvalue weighted by atomic mass is 9.99. The summed E-state index contributed by atoms with van der Waals surface area (Å²) in [5.41, 5.74) is 0. The van der Waals surface area contributed by atoms with E-state index in [1.54, 1.807) is 22.4 Å². The van der Waals surface area contributed by atoms with Crippen molar-refractivity contribution in [1.82, 2.24) is 4.98 Å². The first-order chi connectivity index (χ1) is 8.05. The Kier molecular flexibility index (Phi) is 2.29. The highest BCUT2D eigenvalue weighted by molar-refractivity contribution is 7.17. The number of rotatable bonds is 1. The highest BCUT2D eigenvalue weighted by Gasteiger charge is 2.47. The van der Waals surface area contributed by atoms with Crippen LogP contribution in [0, 0.1) is 5.92 Å². The molecule has 0 amide bonds. The molecular formula is C11H9F3N2S. The van der Waals surface area contributed by atoms with Gasteiger partial charge in [0.05, 0.1) is 5.92 Å². The quantitative estimate of drug-likeness (QED) is 0.780. The molecule has 1 saturated heterocycles. The number of thiophene rings is 1. The minimum atomic E-state index is -4.08. The van der Waals surface area contributed by atoms with E-state index in [1.165, 1.54) is 0 Å². The van der Waals surface area contributed by atoms with Gasteiger partial charge in [-0.2, -0.15) is 13.2 Å². The van der Waals surface area contributed by atoms with Gasteiger partial charge in [-0.1, -0.05) is 0 Å². The van der Waals surface area contributed by atoms with Gasteiger partial charge in [-0.3, -0.25) is 0 Å². The molecule has 0 bridgehead atoms. The van der Waals surface area contributed by atoms with Crippen molar-refractivity contribution in [2.45, 2.75) is 6.18 Å². The largest absolute Gasteiger partial charge is 0.395 e. The van der Waals surface area contributed by atoms with Gasteiger partial charge in [0, 0.05) is 29.4 Å². The van der Waals surface area contributed by atoms with E-state index in [9.17, 15) is 13.2 Å². The SMILES string of the molecule is FC(F)(F)C1CN(c2nccc3sccc23)C1. The van der Waals surface area contributed by atoms with E-state index in [0.29, 0.717) is 5.82 Å². The summed E-state index contributed by atoms with van der Waals surface area (Å²) in [6.07, 6.45) is -2.44. The molecule has 90 valence electrons. The summed E-state index contributed by atoms with van der Waals surface area (Å²) in [6.45, 7) is 0.0386. The van der Waals surface area contributed by atoms with Gasteiger partial charge in [-0.15, -0.1) is 11.3 Å². The molecule has 0 spiro atoms. The van der Waals surface area contributed by atoms with Crippen LogP contribution in [0.2, 0.25) is 0 Å². The number of hydrogen-bond donors (Lipinski definition) is 0. The van der Waals surface area contributed by atoms with Crippen LogP contribution < -0.4 is 4.90 Å². The van der Waals surface area contributed by atoms with Gasteiger partial charge >= 0.3 is 6.18 Å². The lowest BCUT2D eigenvalue weighted by molar-refractivity contribution is -0.180. The number of anilines is 1. The van der Waals surface area contributed by atoms with Crippen molar-refractivity contribution in [3.63, 3.8) is 0 Å². The second-order valence-electron chi connectivity index (χ2n) is 4.11. The molecule has 0 unspecified atom stereocenters. The van der Waals surface area contributed by atoms with Crippen molar-refractivity contribution in [3.8, 4) is 0 Å². The van der Waals surface area contributed by atoms with Gasteiger partial charge < -0.3 is 4.90 Å². The maximum atomic E-state index is 12.4. The highest BCUT2D eigenvalue weighted by atomic mass is 32.1.